The van der Waals surface area contributed by atoms with Crippen molar-refractivity contribution in [2.75, 3.05) is 10.6 Å². The van der Waals surface area contributed by atoms with Crippen LogP contribution in [-0.2, 0) is 11.3 Å². The van der Waals surface area contributed by atoms with Gasteiger partial charge in [0.1, 0.15) is 5.82 Å². The first-order chi connectivity index (χ1) is 9.13. The van der Waals surface area contributed by atoms with Gasteiger partial charge in [-0.2, -0.15) is 0 Å². The molecule has 2 rings (SSSR count). The first-order valence-electron chi connectivity index (χ1n) is 5.84. The minimum absolute atomic E-state index is 0.119. The molecule has 1 aromatic carbocycles. The highest BCUT2D eigenvalue weighted by molar-refractivity contribution is 5.89. The molecule has 0 bridgehead atoms. The first-order valence-corrected chi connectivity index (χ1v) is 5.84. The van der Waals surface area contributed by atoms with E-state index in [1.807, 2.05) is 18.2 Å². The minimum atomic E-state index is -0.355. The van der Waals surface area contributed by atoms with Crippen molar-refractivity contribution in [3.8, 4) is 0 Å². The largest absolute Gasteiger partial charge is 0.381 e. The normalized spacial score (nSPS) is 10.0. The van der Waals surface area contributed by atoms with Crippen LogP contribution in [0, 0.1) is 5.82 Å². The number of carbonyl (C=O) groups is 1. The van der Waals surface area contributed by atoms with Crippen molar-refractivity contribution in [3.63, 3.8) is 0 Å². The summed E-state index contributed by atoms with van der Waals surface area (Å²) in [7, 11) is 0. The molecule has 2 aromatic rings. The summed E-state index contributed by atoms with van der Waals surface area (Å²) in [5, 5.41) is 5.85. The van der Waals surface area contributed by atoms with E-state index in [1.165, 1.54) is 19.2 Å². The molecule has 0 saturated heterocycles. The summed E-state index contributed by atoms with van der Waals surface area (Å²) in [6, 6.07) is 8.75. The molecule has 0 aliphatic rings. The number of halogens is 1. The molecule has 1 aromatic heterocycles. The van der Waals surface area contributed by atoms with Gasteiger partial charge in [0.05, 0.1) is 6.20 Å². The van der Waals surface area contributed by atoms with Gasteiger partial charge >= 0.3 is 0 Å². The van der Waals surface area contributed by atoms with Crippen molar-refractivity contribution < 1.29 is 9.18 Å². The maximum Gasteiger partial charge on any atom is 0.221 e. The summed E-state index contributed by atoms with van der Waals surface area (Å²) in [4.78, 5) is 14.7. The number of nitrogens with one attached hydrogen (secondary N) is 2. The molecule has 4 nitrogen and oxygen atoms in total. The predicted octanol–water partition coefficient (Wildman–Crippen LogP) is 2.79. The van der Waals surface area contributed by atoms with Gasteiger partial charge in [-0.1, -0.05) is 6.07 Å². The van der Waals surface area contributed by atoms with E-state index >= 15 is 0 Å². The molecule has 0 spiro atoms. The monoisotopic (exact) mass is 259 g/mol. The Morgan fingerprint density at radius 2 is 2.05 bits per heavy atom. The quantitative estimate of drug-likeness (QED) is 0.887. The molecule has 0 radical (unpaired) electrons. The molecule has 19 heavy (non-hydrogen) atoms. The van der Waals surface area contributed by atoms with E-state index in [1.54, 1.807) is 12.3 Å². The summed E-state index contributed by atoms with van der Waals surface area (Å²) >= 11 is 0. The summed E-state index contributed by atoms with van der Waals surface area (Å²) in [5.41, 5.74) is 2.32. The summed E-state index contributed by atoms with van der Waals surface area (Å²) in [6.45, 7) is 1.92. The molecule has 1 amide bonds. The van der Waals surface area contributed by atoms with Crippen molar-refractivity contribution in [2.45, 2.75) is 13.5 Å². The highest BCUT2D eigenvalue weighted by atomic mass is 19.1. The Morgan fingerprint density at radius 3 is 2.79 bits per heavy atom. The number of aromatic nitrogens is 1. The number of carbonyl (C=O) groups excluding carboxylic acids is 1. The molecule has 1 heterocycles. The average Bonchev–Trinajstić information content (AvgIpc) is 2.36. The van der Waals surface area contributed by atoms with Crippen molar-refractivity contribution >= 4 is 17.3 Å². The maximum absolute atomic E-state index is 13.0. The number of nitrogens with zero attached hydrogens (tertiary/aromatic N) is 1. The fraction of sp³-hybridized carbons (Fsp3) is 0.143. The van der Waals surface area contributed by atoms with Crippen LogP contribution in [0.3, 0.4) is 0 Å². The predicted molar refractivity (Wildman–Crippen MR) is 72.3 cm³/mol. The fourth-order valence-corrected chi connectivity index (χ4v) is 1.67. The Morgan fingerprint density at radius 1 is 1.26 bits per heavy atom. The summed E-state index contributed by atoms with van der Waals surface area (Å²) < 4.78 is 13.0. The topological polar surface area (TPSA) is 54.0 Å². The molecule has 0 aliphatic carbocycles. The molecule has 0 saturated carbocycles. The van der Waals surface area contributed by atoms with Crippen molar-refractivity contribution in [1.29, 1.82) is 0 Å². The number of anilines is 2. The van der Waals surface area contributed by atoms with Gasteiger partial charge in [-0.3, -0.25) is 9.78 Å². The third kappa shape index (κ3) is 4.06. The van der Waals surface area contributed by atoms with Crippen molar-refractivity contribution in [3.05, 3.63) is 54.1 Å². The number of amides is 1. The minimum Gasteiger partial charge on any atom is -0.381 e. The van der Waals surface area contributed by atoms with Crippen LogP contribution in [0.15, 0.2) is 42.7 Å². The summed E-state index contributed by atoms with van der Waals surface area (Å²) in [6.07, 6.45) is 2.77. The van der Waals surface area contributed by atoms with Gasteiger partial charge in [0.25, 0.3) is 0 Å². The molecule has 0 atom stereocenters. The Balaban J connectivity index is 2.01. The number of hydrogen-bond acceptors (Lipinski definition) is 3. The van der Waals surface area contributed by atoms with Crippen LogP contribution in [0.5, 0.6) is 0 Å². The lowest BCUT2D eigenvalue weighted by Crippen LogP contribution is -2.06. The molecular weight excluding hydrogens is 245 g/mol. The van der Waals surface area contributed by atoms with Gasteiger partial charge in [0.15, 0.2) is 0 Å². The Labute approximate surface area is 110 Å². The number of benzene rings is 1. The van der Waals surface area contributed by atoms with E-state index in [9.17, 15) is 9.18 Å². The highest BCUT2D eigenvalue weighted by Gasteiger charge is 1.99. The third-order valence-electron chi connectivity index (χ3n) is 2.44. The van der Waals surface area contributed by atoms with E-state index in [0.717, 1.165) is 16.9 Å². The second-order valence-electron chi connectivity index (χ2n) is 4.13. The SMILES string of the molecule is CC(=O)Nc1cccc(NCc2cncc(F)c2)c1. The van der Waals surface area contributed by atoms with Crippen LogP contribution in [0.25, 0.3) is 0 Å². The zero-order valence-electron chi connectivity index (χ0n) is 10.5. The van der Waals surface area contributed by atoms with Crippen LogP contribution >= 0.6 is 0 Å². The van der Waals surface area contributed by atoms with E-state index in [4.69, 9.17) is 0 Å². The number of pyridine rings is 1. The lowest BCUT2D eigenvalue weighted by Gasteiger charge is -2.08. The Kier molecular flexibility index (Phi) is 4.07. The molecule has 0 fully saturated rings. The zero-order chi connectivity index (χ0) is 13.7. The fourth-order valence-electron chi connectivity index (χ4n) is 1.67. The Bertz CT molecular complexity index is 586. The molecule has 2 N–H and O–H groups in total. The van der Waals surface area contributed by atoms with E-state index < -0.39 is 0 Å². The zero-order valence-corrected chi connectivity index (χ0v) is 10.5. The van der Waals surface area contributed by atoms with Crippen LogP contribution in [0.4, 0.5) is 15.8 Å². The summed E-state index contributed by atoms with van der Waals surface area (Å²) in [5.74, 6) is -0.474. The lowest BCUT2D eigenvalue weighted by atomic mass is 10.2. The molecular formula is C14H14FN3O. The average molecular weight is 259 g/mol. The van der Waals surface area contributed by atoms with Crippen molar-refractivity contribution in [2.24, 2.45) is 0 Å². The first kappa shape index (κ1) is 13.0. The molecule has 5 heteroatoms. The number of hydrogen-bond donors (Lipinski definition) is 2. The highest BCUT2D eigenvalue weighted by Crippen LogP contribution is 2.16. The molecule has 0 aliphatic heterocycles. The molecule has 98 valence electrons. The van der Waals surface area contributed by atoms with Crippen LogP contribution in [0.2, 0.25) is 0 Å². The smallest absolute Gasteiger partial charge is 0.221 e. The van der Waals surface area contributed by atoms with E-state index in [2.05, 4.69) is 15.6 Å². The standard InChI is InChI=1S/C14H14FN3O/c1-10(19)18-14-4-2-3-13(6-14)17-8-11-5-12(15)9-16-7-11/h2-7,9,17H,8H2,1H3,(H,18,19). The van der Waals surface area contributed by atoms with Crippen LogP contribution in [-0.4, -0.2) is 10.9 Å². The second kappa shape index (κ2) is 5.95. The van der Waals surface area contributed by atoms with Gasteiger partial charge in [-0.15, -0.1) is 0 Å². The van der Waals surface area contributed by atoms with Gasteiger partial charge in [-0.25, -0.2) is 4.39 Å². The van der Waals surface area contributed by atoms with E-state index in [0.29, 0.717) is 6.54 Å². The molecule has 0 unspecified atom stereocenters. The Hall–Kier alpha value is -2.43. The van der Waals surface area contributed by atoms with E-state index in [-0.39, 0.29) is 11.7 Å². The van der Waals surface area contributed by atoms with Crippen LogP contribution < -0.4 is 10.6 Å². The third-order valence-corrected chi connectivity index (χ3v) is 2.44. The maximum atomic E-state index is 13.0. The second-order valence-corrected chi connectivity index (χ2v) is 4.13. The van der Waals surface area contributed by atoms with Crippen molar-refractivity contribution in [1.82, 2.24) is 4.98 Å². The number of rotatable bonds is 4. The lowest BCUT2D eigenvalue weighted by molar-refractivity contribution is -0.114. The van der Waals surface area contributed by atoms with Gasteiger partial charge in [0, 0.05) is 31.0 Å². The van der Waals surface area contributed by atoms with Gasteiger partial charge in [0.2, 0.25) is 5.91 Å². The van der Waals surface area contributed by atoms with Crippen LogP contribution in [0.1, 0.15) is 12.5 Å². The van der Waals surface area contributed by atoms with Gasteiger partial charge < -0.3 is 10.6 Å². The van der Waals surface area contributed by atoms with Gasteiger partial charge in [-0.05, 0) is 29.8 Å².